The van der Waals surface area contributed by atoms with E-state index in [9.17, 15) is 72.4 Å². The Balaban J connectivity index is -0.00000155. The standard InChI is InChI=1S/C24H35N5O6.C22H34N6O7.C10H13N5O4.C10H22N2O2.C8H6ClNO3.C6H10O2.2CH4.K.H/c1-3-4-8-11-18(30)12-9-6-5-7-10-13-22(31)34-16-20-19(27-28-25)14-21(35-20)29-15-17(2)23(32)26-24(29)33;1-14-12-28(20(31)25-19(14)30)17-11-15(26-27-23)16(34-17)13-33-18(29)9-7-5-6-8-10-24-21(32)35-22(2,3)4;1-5-3-15(10(18)12-9(5)17)8-2-6(13-14-11)7(4-16)19-8;1-10(2,3)14-9(13)12-8-6-4-5-7-11;9-8(11)5-6-1-3-7(4-2-6)10(12)13;1-2-3-4-5-6(7)8;;;;/h4,8,15,19-21H,3,5-7,9-14,16H2,1-2H3,(H,26,32,33);12,15-17H,5-11,13H2,1-4H3,(H,24,32)(H,25,30,31);3,6-8,16H,2,4H2,1H3,(H,12,17,18);4-8,11H2,1-3H3,(H,12,13);1-4H,5H2;3-4H,2,5H2,1H3,(H,7,8);2*1H4;;/q;;;;;;;;+1;-1/b8-4-;;;;;4-3-;;;;/t19-,20+,21?;15-,16+,17?;6-,7+,8?;;;;;;;/m000......./s1. The number of aromatic nitrogens is 6. The number of benzene rings is 1. The molecule has 0 bridgehead atoms. The molecule has 704 valence electrons. The van der Waals surface area contributed by atoms with Crippen LogP contribution in [0.4, 0.5) is 15.3 Å². The molecule has 0 spiro atoms. The Labute approximate surface area is 785 Å². The number of nitro benzene ring substituents is 1. The molecule has 0 aliphatic carbocycles. The molecule has 9 atom stereocenters. The molecule has 3 fully saturated rings. The summed E-state index contributed by atoms with van der Waals surface area (Å²) >= 11 is 5.14. The maximum Gasteiger partial charge on any atom is 1.00 e. The van der Waals surface area contributed by atoms with Crippen LogP contribution in [0.15, 0.2) is 111 Å². The van der Waals surface area contributed by atoms with Crippen LogP contribution < -0.4 is 101 Å². The maximum absolute atomic E-state index is 12.1. The van der Waals surface area contributed by atoms with Crippen molar-refractivity contribution in [2.75, 3.05) is 39.5 Å². The van der Waals surface area contributed by atoms with Crippen LogP contribution >= 0.6 is 11.6 Å². The number of nitro groups is 1. The maximum atomic E-state index is 12.1. The van der Waals surface area contributed by atoms with Gasteiger partial charge in [0.2, 0.25) is 5.24 Å². The zero-order valence-corrected chi connectivity index (χ0v) is 77.1. The van der Waals surface area contributed by atoms with Gasteiger partial charge >= 0.3 is 98.5 Å². The van der Waals surface area contributed by atoms with Crippen molar-refractivity contribution in [3.63, 3.8) is 0 Å². The van der Waals surface area contributed by atoms with E-state index in [1.54, 1.807) is 47.6 Å². The average molecular weight is 1840 g/mol. The number of unbranched alkanes of at least 4 members (excludes halogenated alkanes) is 9. The molecule has 127 heavy (non-hydrogen) atoms. The molecule has 7 rings (SSSR count). The summed E-state index contributed by atoms with van der Waals surface area (Å²) < 4.78 is 41.7. The molecule has 1 aromatic carbocycles. The summed E-state index contributed by atoms with van der Waals surface area (Å²) in [6, 6.07) is 3.92. The van der Waals surface area contributed by atoms with Gasteiger partial charge in [0, 0.05) is 127 Å². The van der Waals surface area contributed by atoms with Crippen molar-refractivity contribution in [2.24, 2.45) is 21.1 Å². The van der Waals surface area contributed by atoms with E-state index in [1.165, 1.54) is 56.6 Å². The van der Waals surface area contributed by atoms with Crippen molar-refractivity contribution in [2.45, 2.75) is 305 Å². The Morgan fingerprint density at radius 3 is 1.27 bits per heavy atom. The van der Waals surface area contributed by atoms with Gasteiger partial charge in [-0.05, 0) is 154 Å². The number of alkyl carbamates (subject to hydrolysis) is 2. The number of nitrogens with zero attached hydrogens (tertiary/aromatic N) is 13. The smallest absolute Gasteiger partial charge is 1.00 e. The number of nitrogens with two attached hydrogens (primary N) is 1. The average Bonchev–Trinajstić information content (AvgIpc) is 1.60. The molecule has 9 N–H and O–H groups in total. The molecule has 6 heterocycles. The number of hydrogen-bond donors (Lipinski definition) is 8. The van der Waals surface area contributed by atoms with E-state index in [1.807, 2.05) is 52.8 Å². The van der Waals surface area contributed by atoms with Gasteiger partial charge in [0.15, 0.2) is 0 Å². The van der Waals surface area contributed by atoms with E-state index >= 15 is 0 Å². The third-order valence-corrected chi connectivity index (χ3v) is 18.0. The zero-order chi connectivity index (χ0) is 92.9. The second-order valence-electron chi connectivity index (χ2n) is 30.6. The van der Waals surface area contributed by atoms with E-state index in [0.29, 0.717) is 67.6 Å². The quantitative estimate of drug-likeness (QED) is 0.00175. The number of aromatic amines is 3. The SMILES string of the molecule is C.C.CC(C)(C)OC(=O)NCCCCCN.CC/C=C\CC(=O)CCCCCCCC(=O)OC[C@H]1OC(n2cc(C)c(=O)[nH]c2=O)C[C@@H]1N=[N+]=[N-].CC/C=C\CC(=O)O.Cc1cn(C2C[C@H](N=[N+]=[N-])[C@@H](CO)O2)c(=O)[nH]c1=O.Cc1cn(C2C[C@H](N=[N+]=[N-])[C@@H](COC(=O)CCCCCCNC(=O)OC(C)(C)C)O2)c(=O)[nH]c1=O.O=C(Cl)Cc1ccc([N+](=O)[O-])cc1.[H-].[K+]. The third kappa shape index (κ3) is 51.0. The number of carboxylic acids is 1. The van der Waals surface area contributed by atoms with Crippen molar-refractivity contribution in [1.29, 1.82) is 0 Å². The number of azide groups is 3. The molecule has 3 saturated heterocycles. The largest absolute Gasteiger partial charge is 1.00 e. The number of hydrogen-bond acceptors (Lipinski definition) is 27. The Hall–Kier alpha value is -9.91. The Kier molecular flexibility index (Phi) is 61.5. The van der Waals surface area contributed by atoms with Crippen molar-refractivity contribution >= 4 is 58.4 Å². The number of halogens is 1. The monoisotopic (exact) mass is 1840 g/mol. The first-order chi connectivity index (χ1) is 58.7. The van der Waals surface area contributed by atoms with Crippen molar-refractivity contribution in [3.8, 4) is 0 Å². The summed E-state index contributed by atoms with van der Waals surface area (Å²) in [6.07, 6.45) is 21.3. The van der Waals surface area contributed by atoms with Crippen molar-refractivity contribution in [1.82, 2.24) is 39.3 Å². The number of aliphatic carboxylic acids is 1. The fourth-order valence-electron chi connectivity index (χ4n) is 11.6. The van der Waals surface area contributed by atoms with Crippen LogP contribution in [0.5, 0.6) is 0 Å². The number of carboxylic acid groups (broad SMARTS) is 1. The van der Waals surface area contributed by atoms with Gasteiger partial charge in [-0.25, -0.2) is 24.0 Å². The van der Waals surface area contributed by atoms with E-state index in [2.05, 4.69) is 55.7 Å². The molecule has 0 saturated carbocycles. The number of amides is 2. The summed E-state index contributed by atoms with van der Waals surface area (Å²) in [7, 11) is 0. The molecule has 0 radical (unpaired) electrons. The fraction of sp³-hybridized carbons (Fsp3) is 0.646. The van der Waals surface area contributed by atoms with Crippen LogP contribution in [0.1, 0.15) is 254 Å². The number of nitrogens with one attached hydrogen (secondary N) is 5. The minimum Gasteiger partial charge on any atom is -1.00 e. The van der Waals surface area contributed by atoms with E-state index in [0.717, 1.165) is 77.0 Å². The summed E-state index contributed by atoms with van der Waals surface area (Å²) in [4.78, 5) is 174. The number of Topliss-reactive ketones (excluding diaryl/α,β-unsaturated/α-hetero) is 1. The van der Waals surface area contributed by atoms with Gasteiger partial charge in [-0.3, -0.25) is 77.1 Å². The number of ether oxygens (including phenoxy) is 7. The van der Waals surface area contributed by atoms with Gasteiger partial charge in [0.25, 0.3) is 22.4 Å². The molecule has 3 aromatic heterocycles. The van der Waals surface area contributed by atoms with E-state index in [4.69, 9.17) is 77.3 Å². The Bertz CT molecular complexity index is 4660. The number of non-ortho nitro benzene ring substituents is 1. The second-order valence-corrected chi connectivity index (χ2v) is 31.0. The number of aryl methyl sites for hydroxylation is 3. The molecule has 45 heteroatoms. The van der Waals surface area contributed by atoms with Crippen LogP contribution in [-0.4, -0.2) is 172 Å². The predicted octanol–water partition coefficient (Wildman–Crippen LogP) is 10.0. The van der Waals surface area contributed by atoms with Crippen molar-refractivity contribution in [3.05, 3.63) is 193 Å². The molecular weight excluding hydrogens is 1710 g/mol. The molecule has 2 amide bonds. The number of allylic oxidation sites excluding steroid dienone is 3. The predicted molar refractivity (Wildman–Crippen MR) is 471 cm³/mol. The first-order valence-corrected chi connectivity index (χ1v) is 41.2. The Morgan fingerprint density at radius 1 is 0.583 bits per heavy atom. The number of rotatable bonds is 40. The van der Waals surface area contributed by atoms with Gasteiger partial charge < -0.3 is 61.2 Å². The number of carbonyl (C=O) groups excluding carboxylic acids is 6. The zero-order valence-electron chi connectivity index (χ0n) is 74.2. The van der Waals surface area contributed by atoms with Gasteiger partial charge in [-0.15, -0.1) is 0 Å². The summed E-state index contributed by atoms with van der Waals surface area (Å²) in [5.41, 5.74) is 29.0. The molecular formula is C82H129ClKN19O24. The second kappa shape index (κ2) is 65.6. The summed E-state index contributed by atoms with van der Waals surface area (Å²) in [5.74, 6) is -1.28. The van der Waals surface area contributed by atoms with Crippen LogP contribution in [0.2, 0.25) is 0 Å². The van der Waals surface area contributed by atoms with Gasteiger partial charge in [0.1, 0.15) is 61.1 Å². The Morgan fingerprint density at radius 2 is 0.929 bits per heavy atom. The number of H-pyrrole nitrogens is 3. The summed E-state index contributed by atoms with van der Waals surface area (Å²) in [5, 5.41) is 43.3. The number of ketones is 1. The fourth-order valence-corrected chi connectivity index (χ4v) is 11.8. The van der Waals surface area contributed by atoms with Crippen LogP contribution in [0.25, 0.3) is 31.3 Å². The topological polar surface area (TPSA) is 629 Å². The molecule has 4 aromatic rings. The van der Waals surface area contributed by atoms with Gasteiger partial charge in [-0.1, -0.05) is 119 Å². The van der Waals surface area contributed by atoms with E-state index in [-0.39, 0.29) is 156 Å². The molecule has 43 nitrogen and oxygen atoms in total. The van der Waals surface area contributed by atoms with Gasteiger partial charge in [0.05, 0.1) is 42.2 Å². The number of carbonyl (C=O) groups is 7. The minimum absolute atomic E-state index is 0. The van der Waals surface area contributed by atoms with Gasteiger partial charge in [-0.2, -0.15) is 0 Å². The van der Waals surface area contributed by atoms with Crippen molar-refractivity contribution < 1.29 is 135 Å². The summed E-state index contributed by atoms with van der Waals surface area (Å²) in [6.45, 7) is 21.0. The minimum atomic E-state index is -0.769. The number of esters is 2. The van der Waals surface area contributed by atoms with Crippen LogP contribution in [0.3, 0.4) is 0 Å². The third-order valence-electron chi connectivity index (χ3n) is 17.9. The number of aliphatic hydroxyl groups is 1. The van der Waals surface area contributed by atoms with E-state index < -0.39 is 128 Å². The molecule has 3 aliphatic heterocycles. The number of aliphatic hydroxyl groups excluding tert-OH is 1. The van der Waals surface area contributed by atoms with Crippen LogP contribution in [0, 0.1) is 30.9 Å². The molecule has 3 aliphatic rings. The normalized spacial score (nSPS) is 17.5. The molecule has 3 unspecified atom stereocenters. The first kappa shape index (κ1) is 119. The first-order valence-electron chi connectivity index (χ1n) is 40.8. The van der Waals surface area contributed by atoms with Crippen LogP contribution in [-0.2, 0) is 63.6 Å².